The molecular weight excluding hydrogens is 400 g/mol. The van der Waals surface area contributed by atoms with Gasteiger partial charge in [-0.3, -0.25) is 9.79 Å². The standard InChI is InChI=1S/C18H13BrN4O3/c19-12-6-7-14-13(8-12)17(11-4-2-1-3-5-11)20-9-16(24)23(14)10-15-21-22-18(25)26-15/h1-8H,9-10H2,(H,22,25). The first-order chi connectivity index (χ1) is 12.6. The van der Waals surface area contributed by atoms with Crippen LogP contribution >= 0.6 is 15.9 Å². The Morgan fingerprint density at radius 1 is 1.15 bits per heavy atom. The zero-order chi connectivity index (χ0) is 18.1. The molecule has 7 nitrogen and oxygen atoms in total. The van der Waals surface area contributed by atoms with Crippen LogP contribution in [0.3, 0.4) is 0 Å². The summed E-state index contributed by atoms with van der Waals surface area (Å²) in [7, 11) is 0. The molecule has 1 N–H and O–H groups in total. The Balaban J connectivity index is 1.83. The number of nitrogens with one attached hydrogen (secondary N) is 1. The number of aromatic nitrogens is 2. The first-order valence-electron chi connectivity index (χ1n) is 7.86. The number of fused-ring (bicyclic) bond motifs is 1. The SMILES string of the molecule is O=C1CN=C(c2ccccc2)c2cc(Br)ccc2N1Cc1n[nH]c(=O)o1. The maximum absolute atomic E-state index is 12.7. The normalized spacial score (nSPS) is 14.0. The topological polar surface area (TPSA) is 91.6 Å². The fourth-order valence-corrected chi connectivity index (χ4v) is 3.23. The van der Waals surface area contributed by atoms with Crippen LogP contribution in [0.1, 0.15) is 17.0 Å². The third-order valence-electron chi connectivity index (χ3n) is 4.00. The molecule has 2 aromatic carbocycles. The van der Waals surface area contributed by atoms with Gasteiger partial charge in [0.15, 0.2) is 0 Å². The minimum atomic E-state index is -0.653. The number of aliphatic imine (C=N–C) groups is 1. The van der Waals surface area contributed by atoms with Gasteiger partial charge in [0.25, 0.3) is 0 Å². The van der Waals surface area contributed by atoms with E-state index in [0.29, 0.717) is 5.69 Å². The lowest BCUT2D eigenvalue weighted by Crippen LogP contribution is -2.32. The van der Waals surface area contributed by atoms with Crippen LogP contribution < -0.4 is 10.7 Å². The van der Waals surface area contributed by atoms with Gasteiger partial charge >= 0.3 is 5.76 Å². The summed E-state index contributed by atoms with van der Waals surface area (Å²) in [6, 6.07) is 15.3. The summed E-state index contributed by atoms with van der Waals surface area (Å²) in [6.07, 6.45) is 0. The van der Waals surface area contributed by atoms with Crippen LogP contribution in [-0.4, -0.2) is 28.4 Å². The number of rotatable bonds is 3. The lowest BCUT2D eigenvalue weighted by molar-refractivity contribution is -0.117. The van der Waals surface area contributed by atoms with Crippen molar-refractivity contribution in [3.8, 4) is 0 Å². The third-order valence-corrected chi connectivity index (χ3v) is 4.49. The van der Waals surface area contributed by atoms with Gasteiger partial charge in [-0.05, 0) is 18.2 Å². The van der Waals surface area contributed by atoms with Crippen LogP contribution in [0.15, 0.2) is 67.2 Å². The predicted octanol–water partition coefficient (Wildman–Crippen LogP) is 2.51. The molecule has 3 aromatic rings. The number of amides is 1. The molecule has 1 amide bonds. The molecule has 130 valence electrons. The molecule has 2 heterocycles. The number of hydrogen-bond acceptors (Lipinski definition) is 5. The van der Waals surface area contributed by atoms with Gasteiger partial charge in [0.05, 0.1) is 11.4 Å². The number of hydrogen-bond donors (Lipinski definition) is 1. The van der Waals surface area contributed by atoms with Gasteiger partial charge in [-0.1, -0.05) is 46.3 Å². The van der Waals surface area contributed by atoms with E-state index in [1.165, 1.54) is 4.90 Å². The van der Waals surface area contributed by atoms with Crippen molar-refractivity contribution in [3.05, 3.63) is 80.6 Å². The maximum atomic E-state index is 12.7. The van der Waals surface area contributed by atoms with E-state index in [-0.39, 0.29) is 24.9 Å². The number of H-pyrrole nitrogens is 1. The van der Waals surface area contributed by atoms with E-state index in [4.69, 9.17) is 4.42 Å². The van der Waals surface area contributed by atoms with Crippen molar-refractivity contribution in [1.29, 1.82) is 0 Å². The average molecular weight is 413 g/mol. The van der Waals surface area contributed by atoms with Crippen LogP contribution in [0, 0.1) is 0 Å². The zero-order valence-corrected chi connectivity index (χ0v) is 15.1. The predicted molar refractivity (Wildman–Crippen MR) is 99.4 cm³/mol. The second-order valence-corrected chi connectivity index (χ2v) is 6.59. The van der Waals surface area contributed by atoms with Crippen LogP contribution in [0.5, 0.6) is 0 Å². The van der Waals surface area contributed by atoms with Gasteiger partial charge in [-0.25, -0.2) is 9.89 Å². The Morgan fingerprint density at radius 2 is 1.96 bits per heavy atom. The Bertz CT molecular complexity index is 1060. The summed E-state index contributed by atoms with van der Waals surface area (Å²) in [5, 5.41) is 6.01. The highest BCUT2D eigenvalue weighted by molar-refractivity contribution is 9.10. The minimum absolute atomic E-state index is 0.00875. The quantitative estimate of drug-likeness (QED) is 0.715. The summed E-state index contributed by atoms with van der Waals surface area (Å²) in [4.78, 5) is 30.0. The van der Waals surface area contributed by atoms with Crippen molar-refractivity contribution in [3.63, 3.8) is 0 Å². The van der Waals surface area contributed by atoms with Gasteiger partial charge in [0.2, 0.25) is 11.8 Å². The molecule has 0 fully saturated rings. The summed E-state index contributed by atoms with van der Waals surface area (Å²) in [5.74, 6) is -0.718. The van der Waals surface area contributed by atoms with Crippen LogP contribution in [0.25, 0.3) is 0 Å². The Labute approximate surface area is 156 Å². The molecule has 8 heteroatoms. The lowest BCUT2D eigenvalue weighted by atomic mass is 10.0. The number of benzene rings is 2. The Morgan fingerprint density at radius 3 is 2.69 bits per heavy atom. The van der Waals surface area contributed by atoms with Crippen molar-refractivity contribution in [2.24, 2.45) is 4.99 Å². The molecule has 0 bridgehead atoms. The molecule has 26 heavy (non-hydrogen) atoms. The summed E-state index contributed by atoms with van der Waals surface area (Å²) in [6.45, 7) is 0.0367. The molecule has 0 saturated carbocycles. The van der Waals surface area contributed by atoms with E-state index < -0.39 is 5.76 Å². The summed E-state index contributed by atoms with van der Waals surface area (Å²) >= 11 is 3.49. The summed E-state index contributed by atoms with van der Waals surface area (Å²) in [5.41, 5.74) is 3.16. The second-order valence-electron chi connectivity index (χ2n) is 5.68. The van der Waals surface area contributed by atoms with E-state index in [1.807, 2.05) is 48.5 Å². The van der Waals surface area contributed by atoms with Crippen LogP contribution in [0.2, 0.25) is 0 Å². The smallest absolute Gasteiger partial charge is 0.390 e. The first kappa shape index (κ1) is 16.5. The first-order valence-corrected chi connectivity index (χ1v) is 8.65. The van der Waals surface area contributed by atoms with Gasteiger partial charge < -0.3 is 9.32 Å². The Kier molecular flexibility index (Phi) is 4.26. The van der Waals surface area contributed by atoms with Gasteiger partial charge in [0, 0.05) is 15.6 Å². The molecule has 1 aromatic heterocycles. The van der Waals surface area contributed by atoms with E-state index >= 15 is 0 Å². The molecule has 0 aliphatic carbocycles. The number of halogens is 1. The monoisotopic (exact) mass is 412 g/mol. The highest BCUT2D eigenvalue weighted by atomic mass is 79.9. The average Bonchev–Trinajstić information content (AvgIpc) is 3.00. The molecule has 1 aliphatic heterocycles. The highest BCUT2D eigenvalue weighted by Gasteiger charge is 2.26. The number of anilines is 1. The number of carbonyl (C=O) groups is 1. The fourth-order valence-electron chi connectivity index (χ4n) is 2.86. The zero-order valence-electron chi connectivity index (χ0n) is 13.5. The van der Waals surface area contributed by atoms with Crippen molar-refractivity contribution in [2.75, 3.05) is 11.4 Å². The fraction of sp³-hybridized carbons (Fsp3) is 0.111. The number of benzodiazepines with no additional fused rings is 1. The number of nitrogens with zero attached hydrogens (tertiary/aromatic N) is 3. The van der Waals surface area contributed by atoms with E-state index in [1.54, 1.807) is 0 Å². The number of carbonyl (C=O) groups excluding carboxylic acids is 1. The van der Waals surface area contributed by atoms with E-state index in [2.05, 4.69) is 31.1 Å². The van der Waals surface area contributed by atoms with Gasteiger partial charge in [-0.2, -0.15) is 0 Å². The molecule has 4 rings (SSSR count). The highest BCUT2D eigenvalue weighted by Crippen LogP contribution is 2.30. The third kappa shape index (κ3) is 3.11. The summed E-state index contributed by atoms with van der Waals surface area (Å²) < 4.78 is 5.84. The van der Waals surface area contributed by atoms with Crippen LogP contribution in [0.4, 0.5) is 5.69 Å². The molecule has 0 radical (unpaired) electrons. The minimum Gasteiger partial charge on any atom is -0.390 e. The van der Waals surface area contributed by atoms with Crippen molar-refractivity contribution >= 4 is 33.2 Å². The molecule has 1 aliphatic rings. The molecule has 0 atom stereocenters. The van der Waals surface area contributed by atoms with E-state index in [0.717, 1.165) is 21.3 Å². The van der Waals surface area contributed by atoms with Crippen molar-refractivity contribution < 1.29 is 9.21 Å². The van der Waals surface area contributed by atoms with Crippen molar-refractivity contribution in [1.82, 2.24) is 10.2 Å². The molecule has 0 saturated heterocycles. The second kappa shape index (κ2) is 6.72. The van der Waals surface area contributed by atoms with Crippen LogP contribution in [-0.2, 0) is 11.3 Å². The Hall–Kier alpha value is -3.00. The number of aromatic amines is 1. The van der Waals surface area contributed by atoms with Gasteiger partial charge in [0.1, 0.15) is 13.1 Å². The molecule has 0 unspecified atom stereocenters. The maximum Gasteiger partial charge on any atom is 0.434 e. The van der Waals surface area contributed by atoms with Gasteiger partial charge in [-0.15, -0.1) is 5.10 Å². The molecular formula is C18H13BrN4O3. The molecule has 0 spiro atoms. The van der Waals surface area contributed by atoms with Crippen molar-refractivity contribution in [2.45, 2.75) is 6.54 Å². The lowest BCUT2D eigenvalue weighted by Gasteiger charge is -2.21. The van der Waals surface area contributed by atoms with E-state index in [9.17, 15) is 9.59 Å². The largest absolute Gasteiger partial charge is 0.434 e.